The number of carbonyl (C=O) groups excluding carboxylic acids is 1. The summed E-state index contributed by atoms with van der Waals surface area (Å²) in [4.78, 5) is 11.0. The van der Waals surface area contributed by atoms with Crippen LogP contribution in [0.5, 0.6) is 0 Å². The van der Waals surface area contributed by atoms with Crippen molar-refractivity contribution in [2.75, 3.05) is 18.6 Å². The smallest absolute Gasteiger partial charge is 0.400 e. The van der Waals surface area contributed by atoms with Crippen LogP contribution in [0.15, 0.2) is 0 Å². The van der Waals surface area contributed by atoms with E-state index in [2.05, 4.69) is 4.74 Å². The molecule has 0 N–H and O–H groups in total. The fraction of sp³-hybridized carbons (Fsp3) is 0.889. The van der Waals surface area contributed by atoms with Crippen LogP contribution in [0.25, 0.3) is 0 Å². The Morgan fingerprint density at radius 3 is 2.38 bits per heavy atom. The SMILES string of the molecule is COC(=O)CC1(CS(=O)CC(F)(F)F)CC1. The molecular formula is C9H13F3O3S. The number of hydrogen-bond acceptors (Lipinski definition) is 3. The molecular weight excluding hydrogens is 245 g/mol. The van der Waals surface area contributed by atoms with Crippen LogP contribution in [0.4, 0.5) is 13.2 Å². The Morgan fingerprint density at radius 1 is 1.44 bits per heavy atom. The minimum atomic E-state index is -4.41. The van der Waals surface area contributed by atoms with E-state index in [1.807, 2.05) is 0 Å². The highest BCUT2D eigenvalue weighted by atomic mass is 32.2. The van der Waals surface area contributed by atoms with Gasteiger partial charge in [0.2, 0.25) is 0 Å². The average molecular weight is 258 g/mol. The van der Waals surface area contributed by atoms with Gasteiger partial charge in [0.05, 0.1) is 13.5 Å². The molecule has 0 aromatic carbocycles. The normalized spacial score (nSPS) is 20.2. The molecule has 3 nitrogen and oxygen atoms in total. The zero-order chi connectivity index (χ0) is 12.4. The van der Waals surface area contributed by atoms with E-state index in [1.54, 1.807) is 0 Å². The molecule has 7 heteroatoms. The highest BCUT2D eigenvalue weighted by Gasteiger charge is 2.47. The van der Waals surface area contributed by atoms with Crippen molar-refractivity contribution in [3.8, 4) is 0 Å². The fourth-order valence-electron chi connectivity index (χ4n) is 1.50. The monoisotopic (exact) mass is 258 g/mol. The molecule has 1 aliphatic rings. The Morgan fingerprint density at radius 2 is 2.00 bits per heavy atom. The predicted molar refractivity (Wildman–Crippen MR) is 52.2 cm³/mol. The van der Waals surface area contributed by atoms with Crippen LogP contribution in [0.2, 0.25) is 0 Å². The lowest BCUT2D eigenvalue weighted by Gasteiger charge is -2.13. The van der Waals surface area contributed by atoms with E-state index in [4.69, 9.17) is 0 Å². The third-order valence-corrected chi connectivity index (χ3v) is 4.08. The van der Waals surface area contributed by atoms with Gasteiger partial charge >= 0.3 is 12.1 Å². The summed E-state index contributed by atoms with van der Waals surface area (Å²) in [6.07, 6.45) is -3.06. The van der Waals surface area contributed by atoms with Crippen LogP contribution < -0.4 is 0 Å². The lowest BCUT2D eigenvalue weighted by Crippen LogP contribution is -2.25. The molecule has 0 aromatic rings. The molecule has 16 heavy (non-hydrogen) atoms. The maximum Gasteiger partial charge on any atom is 0.400 e. The molecule has 1 atom stereocenters. The van der Waals surface area contributed by atoms with Crippen molar-refractivity contribution >= 4 is 16.8 Å². The number of hydrogen-bond donors (Lipinski definition) is 0. The lowest BCUT2D eigenvalue weighted by molar-refractivity contribution is -0.141. The number of methoxy groups -OCH3 is 1. The Labute approximate surface area is 93.8 Å². The Bertz CT molecular complexity index is 297. The van der Waals surface area contributed by atoms with Gasteiger partial charge in [0.15, 0.2) is 0 Å². The first-order valence-corrected chi connectivity index (χ1v) is 6.24. The molecule has 0 radical (unpaired) electrons. The minimum absolute atomic E-state index is 0.0626. The first-order valence-electron chi connectivity index (χ1n) is 4.75. The van der Waals surface area contributed by atoms with Crippen molar-refractivity contribution < 1.29 is 26.9 Å². The molecule has 1 fully saturated rings. The molecule has 0 aromatic heterocycles. The first-order chi connectivity index (χ1) is 7.26. The van der Waals surface area contributed by atoms with E-state index < -0.39 is 34.1 Å². The van der Waals surface area contributed by atoms with Crippen LogP contribution in [-0.2, 0) is 20.3 Å². The largest absolute Gasteiger partial charge is 0.469 e. The third kappa shape index (κ3) is 4.51. The van der Waals surface area contributed by atoms with Gasteiger partial charge in [-0.25, -0.2) is 0 Å². The van der Waals surface area contributed by atoms with Gasteiger partial charge in [-0.05, 0) is 18.3 Å². The number of esters is 1. The third-order valence-electron chi connectivity index (χ3n) is 2.50. The molecule has 0 amide bonds. The van der Waals surface area contributed by atoms with Crippen molar-refractivity contribution in [1.82, 2.24) is 0 Å². The summed E-state index contributed by atoms with van der Waals surface area (Å²) in [6, 6.07) is 0. The van der Waals surface area contributed by atoms with E-state index in [0.29, 0.717) is 12.8 Å². The maximum absolute atomic E-state index is 11.9. The van der Waals surface area contributed by atoms with Gasteiger partial charge in [-0.1, -0.05) is 0 Å². The molecule has 0 saturated heterocycles. The zero-order valence-electron chi connectivity index (χ0n) is 8.80. The van der Waals surface area contributed by atoms with Gasteiger partial charge < -0.3 is 4.74 Å². The lowest BCUT2D eigenvalue weighted by atomic mass is 10.1. The predicted octanol–water partition coefficient (Wildman–Crippen LogP) is 1.64. The van der Waals surface area contributed by atoms with E-state index in [-0.39, 0.29) is 12.2 Å². The molecule has 0 aliphatic heterocycles. The van der Waals surface area contributed by atoms with Gasteiger partial charge in [-0.2, -0.15) is 13.2 Å². The Hall–Kier alpha value is -0.590. The minimum Gasteiger partial charge on any atom is -0.469 e. The summed E-state index contributed by atoms with van der Waals surface area (Å²) in [5.41, 5.74) is -0.511. The summed E-state index contributed by atoms with van der Waals surface area (Å²) in [7, 11) is -0.720. The molecule has 1 rings (SSSR count). The molecule has 1 aliphatic carbocycles. The Balaban J connectivity index is 2.42. The van der Waals surface area contributed by atoms with E-state index in [9.17, 15) is 22.2 Å². The summed E-state index contributed by atoms with van der Waals surface area (Å²) in [5, 5.41) is 0. The van der Waals surface area contributed by atoms with Crippen molar-refractivity contribution in [3.63, 3.8) is 0 Å². The molecule has 1 unspecified atom stereocenters. The summed E-state index contributed by atoms with van der Waals surface area (Å²) >= 11 is 0. The number of carbonyl (C=O) groups is 1. The maximum atomic E-state index is 11.9. The van der Waals surface area contributed by atoms with Crippen molar-refractivity contribution in [1.29, 1.82) is 0 Å². The molecule has 0 heterocycles. The van der Waals surface area contributed by atoms with Gasteiger partial charge in [-0.15, -0.1) is 0 Å². The van der Waals surface area contributed by atoms with Crippen LogP contribution in [0, 0.1) is 5.41 Å². The molecule has 1 saturated carbocycles. The van der Waals surface area contributed by atoms with E-state index >= 15 is 0 Å². The quantitative estimate of drug-likeness (QED) is 0.704. The summed E-state index contributed by atoms with van der Waals surface area (Å²) < 4.78 is 51.5. The van der Waals surface area contributed by atoms with Gasteiger partial charge in [0.25, 0.3) is 0 Å². The second-order valence-electron chi connectivity index (χ2n) is 4.10. The van der Waals surface area contributed by atoms with Crippen LogP contribution in [0.3, 0.4) is 0 Å². The molecule has 94 valence electrons. The second-order valence-corrected chi connectivity index (χ2v) is 5.55. The van der Waals surface area contributed by atoms with Crippen LogP contribution >= 0.6 is 0 Å². The highest BCUT2D eigenvalue weighted by molar-refractivity contribution is 7.85. The van der Waals surface area contributed by atoms with E-state index in [0.717, 1.165) is 0 Å². The van der Waals surface area contributed by atoms with Gasteiger partial charge in [-0.3, -0.25) is 9.00 Å². The number of alkyl halides is 3. The summed E-state index contributed by atoms with van der Waals surface area (Å²) in [5.74, 6) is -1.82. The first kappa shape index (κ1) is 13.5. The standard InChI is InChI=1S/C9H13F3O3S/c1-15-7(13)4-8(2-3-8)5-16(14)6-9(10,11)12/h2-6H2,1H3. The fourth-order valence-corrected chi connectivity index (χ4v) is 3.04. The second kappa shape index (κ2) is 4.73. The van der Waals surface area contributed by atoms with Crippen molar-refractivity contribution in [2.24, 2.45) is 5.41 Å². The molecule has 0 bridgehead atoms. The number of rotatable bonds is 5. The van der Waals surface area contributed by atoms with Crippen LogP contribution in [0.1, 0.15) is 19.3 Å². The van der Waals surface area contributed by atoms with Gasteiger partial charge in [0.1, 0.15) is 5.75 Å². The average Bonchev–Trinajstić information content (AvgIpc) is 2.80. The zero-order valence-corrected chi connectivity index (χ0v) is 9.62. The number of halogens is 3. The van der Waals surface area contributed by atoms with Crippen LogP contribution in [-0.4, -0.2) is 35.0 Å². The Kier molecular flexibility index (Phi) is 3.98. The van der Waals surface area contributed by atoms with Crippen molar-refractivity contribution in [2.45, 2.75) is 25.4 Å². The van der Waals surface area contributed by atoms with E-state index in [1.165, 1.54) is 7.11 Å². The number of ether oxygens (including phenoxy) is 1. The van der Waals surface area contributed by atoms with Crippen molar-refractivity contribution in [3.05, 3.63) is 0 Å². The molecule has 0 spiro atoms. The highest BCUT2D eigenvalue weighted by Crippen LogP contribution is 2.49. The topological polar surface area (TPSA) is 43.4 Å². The summed E-state index contributed by atoms with van der Waals surface area (Å²) in [6.45, 7) is 0. The van der Waals surface area contributed by atoms with Gasteiger partial charge in [0, 0.05) is 16.6 Å².